The number of benzene rings is 1. The number of aliphatic hydroxyl groups is 1. The number of rotatable bonds is 10. The highest BCUT2D eigenvalue weighted by Crippen LogP contribution is 2.17. The van der Waals surface area contributed by atoms with Crippen molar-refractivity contribution in [2.45, 2.75) is 39.5 Å². The monoisotopic (exact) mass is 485 g/mol. The van der Waals surface area contributed by atoms with E-state index in [2.05, 4.69) is 22.5 Å². The van der Waals surface area contributed by atoms with Crippen LogP contribution < -0.4 is 10.6 Å². The average Bonchev–Trinajstić information content (AvgIpc) is 2.54. The fraction of sp³-hybridized carbons (Fsp3) is 0.611. The first-order valence-corrected chi connectivity index (χ1v) is 9.05. The second-order valence-corrected chi connectivity index (χ2v) is 6.21. The van der Waals surface area contributed by atoms with Gasteiger partial charge in [0.05, 0.1) is 0 Å². The Morgan fingerprint density at radius 3 is 2.64 bits per heavy atom. The Morgan fingerprint density at radius 1 is 1.28 bits per heavy atom. The topological polar surface area (TPSA) is 56.7 Å². The Hall–Kier alpha value is -0.600. The summed E-state index contributed by atoms with van der Waals surface area (Å²) < 4.78 is 13.1. The molecule has 0 bridgehead atoms. The van der Waals surface area contributed by atoms with E-state index in [1.165, 1.54) is 12.1 Å². The SMILES string of the molecule is CCCC(CCO)CN=C(NCC)NCCc1ccc(F)cc1Cl.I. The van der Waals surface area contributed by atoms with E-state index >= 15 is 0 Å². The van der Waals surface area contributed by atoms with Crippen LogP contribution in [0.1, 0.15) is 38.7 Å². The Balaban J connectivity index is 0.00000576. The van der Waals surface area contributed by atoms with E-state index in [-0.39, 0.29) is 36.4 Å². The van der Waals surface area contributed by atoms with Gasteiger partial charge in [0.1, 0.15) is 5.82 Å². The summed E-state index contributed by atoms with van der Waals surface area (Å²) in [6, 6.07) is 4.47. The Labute approximate surface area is 172 Å². The standard InChI is InChI=1S/C18H29ClFN3O.HI/c1-3-5-14(9-11-24)13-23-18(21-4-2)22-10-8-15-6-7-16(20)12-17(15)19;/h6-7,12,14,24H,3-5,8-11,13H2,1-2H3,(H2,21,22,23);1H. The van der Waals surface area contributed by atoms with E-state index in [0.29, 0.717) is 30.5 Å². The van der Waals surface area contributed by atoms with Crippen LogP contribution >= 0.6 is 35.6 Å². The van der Waals surface area contributed by atoms with Gasteiger partial charge in [-0.2, -0.15) is 0 Å². The van der Waals surface area contributed by atoms with Crippen LogP contribution in [0.3, 0.4) is 0 Å². The third-order valence-electron chi connectivity index (χ3n) is 3.79. The number of nitrogens with zero attached hydrogens (tertiary/aromatic N) is 1. The van der Waals surface area contributed by atoms with Crippen molar-refractivity contribution >= 4 is 41.5 Å². The lowest BCUT2D eigenvalue weighted by Crippen LogP contribution is -2.38. The molecule has 0 fully saturated rings. The molecular weight excluding hydrogens is 456 g/mol. The van der Waals surface area contributed by atoms with Gasteiger partial charge in [0.25, 0.3) is 0 Å². The van der Waals surface area contributed by atoms with E-state index in [1.54, 1.807) is 6.07 Å². The average molecular weight is 486 g/mol. The molecule has 1 aromatic carbocycles. The lowest BCUT2D eigenvalue weighted by Gasteiger charge is -2.15. The third-order valence-corrected chi connectivity index (χ3v) is 4.14. The van der Waals surface area contributed by atoms with Crippen LogP contribution in [-0.2, 0) is 6.42 Å². The van der Waals surface area contributed by atoms with Crippen molar-refractivity contribution in [3.05, 3.63) is 34.6 Å². The number of halogens is 3. The molecule has 1 aromatic rings. The number of guanidine groups is 1. The predicted molar refractivity (Wildman–Crippen MR) is 115 cm³/mol. The van der Waals surface area contributed by atoms with Crippen molar-refractivity contribution in [3.8, 4) is 0 Å². The lowest BCUT2D eigenvalue weighted by molar-refractivity contribution is 0.253. The normalized spacial score (nSPS) is 12.4. The lowest BCUT2D eigenvalue weighted by atomic mass is 10.0. The Bertz CT molecular complexity index is 511. The molecule has 0 aliphatic carbocycles. The van der Waals surface area contributed by atoms with Crippen molar-refractivity contribution in [2.75, 3.05) is 26.2 Å². The van der Waals surface area contributed by atoms with Crippen molar-refractivity contribution in [1.29, 1.82) is 0 Å². The Morgan fingerprint density at radius 2 is 2.04 bits per heavy atom. The second-order valence-electron chi connectivity index (χ2n) is 5.80. The zero-order chi connectivity index (χ0) is 17.8. The van der Waals surface area contributed by atoms with Gasteiger partial charge in [0.15, 0.2) is 5.96 Å². The minimum Gasteiger partial charge on any atom is -0.396 e. The van der Waals surface area contributed by atoms with Crippen molar-refractivity contribution in [2.24, 2.45) is 10.9 Å². The summed E-state index contributed by atoms with van der Waals surface area (Å²) in [7, 11) is 0. The quantitative estimate of drug-likeness (QED) is 0.267. The summed E-state index contributed by atoms with van der Waals surface area (Å²) in [4.78, 5) is 4.61. The van der Waals surface area contributed by atoms with Crippen LogP contribution in [0, 0.1) is 11.7 Å². The van der Waals surface area contributed by atoms with E-state index in [0.717, 1.165) is 37.3 Å². The number of hydrogen-bond acceptors (Lipinski definition) is 2. The maximum Gasteiger partial charge on any atom is 0.191 e. The molecule has 0 aliphatic heterocycles. The first-order valence-electron chi connectivity index (χ1n) is 8.67. The molecule has 0 aliphatic rings. The number of hydrogen-bond donors (Lipinski definition) is 3. The summed E-state index contributed by atoms with van der Waals surface area (Å²) in [5, 5.41) is 16.1. The van der Waals surface area contributed by atoms with Crippen LogP contribution in [-0.4, -0.2) is 37.3 Å². The molecule has 7 heteroatoms. The van der Waals surface area contributed by atoms with E-state index in [4.69, 9.17) is 16.7 Å². The van der Waals surface area contributed by atoms with Gasteiger partial charge in [0.2, 0.25) is 0 Å². The van der Waals surface area contributed by atoms with Gasteiger partial charge in [-0.25, -0.2) is 4.39 Å². The Kier molecular flexibility index (Phi) is 14.2. The van der Waals surface area contributed by atoms with Gasteiger partial charge in [0, 0.05) is 31.3 Å². The number of aliphatic hydroxyl groups excluding tert-OH is 1. The molecule has 1 atom stereocenters. The van der Waals surface area contributed by atoms with E-state index in [1.807, 2.05) is 6.92 Å². The van der Waals surface area contributed by atoms with Crippen LogP contribution in [0.4, 0.5) is 4.39 Å². The largest absolute Gasteiger partial charge is 0.396 e. The fourth-order valence-electron chi connectivity index (χ4n) is 2.52. The molecule has 0 aromatic heterocycles. The smallest absolute Gasteiger partial charge is 0.191 e. The molecule has 144 valence electrons. The summed E-state index contributed by atoms with van der Waals surface area (Å²) in [5.74, 6) is 0.842. The molecule has 0 saturated carbocycles. The summed E-state index contributed by atoms with van der Waals surface area (Å²) in [6.07, 6.45) is 3.63. The number of aliphatic imine (C=N–C) groups is 1. The van der Waals surface area contributed by atoms with E-state index in [9.17, 15) is 4.39 Å². The molecule has 0 spiro atoms. The minimum atomic E-state index is -0.322. The second kappa shape index (κ2) is 14.6. The molecule has 1 rings (SSSR count). The van der Waals surface area contributed by atoms with Crippen molar-refractivity contribution in [1.82, 2.24) is 10.6 Å². The number of nitrogens with one attached hydrogen (secondary N) is 2. The molecular formula is C18H30ClFIN3O. The van der Waals surface area contributed by atoms with Gasteiger partial charge in [-0.1, -0.05) is 31.0 Å². The maximum atomic E-state index is 13.1. The molecule has 0 heterocycles. The van der Waals surface area contributed by atoms with Crippen LogP contribution in [0.2, 0.25) is 5.02 Å². The first kappa shape index (κ1) is 24.4. The predicted octanol–water partition coefficient (Wildman–Crippen LogP) is 3.99. The third kappa shape index (κ3) is 10.2. The molecule has 0 radical (unpaired) electrons. The van der Waals surface area contributed by atoms with Gasteiger partial charge in [-0.15, -0.1) is 24.0 Å². The molecule has 4 nitrogen and oxygen atoms in total. The van der Waals surface area contributed by atoms with Gasteiger partial charge < -0.3 is 15.7 Å². The van der Waals surface area contributed by atoms with Gasteiger partial charge >= 0.3 is 0 Å². The maximum absolute atomic E-state index is 13.1. The highest BCUT2D eigenvalue weighted by atomic mass is 127. The minimum absolute atomic E-state index is 0. The molecule has 3 N–H and O–H groups in total. The molecule has 1 unspecified atom stereocenters. The highest BCUT2D eigenvalue weighted by molar-refractivity contribution is 14.0. The van der Waals surface area contributed by atoms with E-state index < -0.39 is 0 Å². The van der Waals surface area contributed by atoms with Crippen LogP contribution in [0.5, 0.6) is 0 Å². The zero-order valence-electron chi connectivity index (χ0n) is 15.0. The highest BCUT2D eigenvalue weighted by Gasteiger charge is 2.07. The molecule has 25 heavy (non-hydrogen) atoms. The molecule has 0 saturated heterocycles. The van der Waals surface area contributed by atoms with Crippen LogP contribution in [0.25, 0.3) is 0 Å². The van der Waals surface area contributed by atoms with Gasteiger partial charge in [-0.05, 0) is 49.8 Å². The van der Waals surface area contributed by atoms with Crippen molar-refractivity contribution in [3.63, 3.8) is 0 Å². The summed E-state index contributed by atoms with van der Waals surface area (Å²) in [6.45, 7) is 6.50. The van der Waals surface area contributed by atoms with Crippen molar-refractivity contribution < 1.29 is 9.50 Å². The van der Waals surface area contributed by atoms with Gasteiger partial charge in [-0.3, -0.25) is 4.99 Å². The summed E-state index contributed by atoms with van der Waals surface area (Å²) >= 11 is 6.04. The fourth-order valence-corrected chi connectivity index (χ4v) is 2.78. The summed E-state index contributed by atoms with van der Waals surface area (Å²) in [5.41, 5.74) is 0.908. The van der Waals surface area contributed by atoms with Crippen LogP contribution in [0.15, 0.2) is 23.2 Å². The molecule has 0 amide bonds. The first-order chi connectivity index (χ1) is 11.6. The zero-order valence-corrected chi connectivity index (χ0v) is 18.1.